The van der Waals surface area contributed by atoms with E-state index in [1.54, 1.807) is 0 Å². The Kier molecular flexibility index (Phi) is 5.90. The molecule has 0 spiro atoms. The first-order valence-corrected chi connectivity index (χ1v) is 10.2. The predicted molar refractivity (Wildman–Crippen MR) is 112 cm³/mol. The molecule has 1 saturated heterocycles. The first kappa shape index (κ1) is 20.9. The number of carbonyl (C=O) groups excluding carboxylic acids is 2. The minimum Gasteiger partial charge on any atom is -0.479 e. The van der Waals surface area contributed by atoms with Crippen molar-refractivity contribution in [2.45, 2.75) is 37.5 Å². The number of carboxylic acid groups (broad SMARTS) is 1. The minimum absolute atomic E-state index is 0.0748. The zero-order valence-corrected chi connectivity index (χ0v) is 17.0. The third kappa shape index (κ3) is 4.25. The van der Waals surface area contributed by atoms with Crippen LogP contribution in [-0.2, 0) is 19.1 Å². The van der Waals surface area contributed by atoms with Crippen LogP contribution in [0, 0.1) is 0 Å². The molecule has 162 valence electrons. The summed E-state index contributed by atoms with van der Waals surface area (Å²) < 4.78 is 10.6. The predicted octanol–water partition coefficient (Wildman–Crippen LogP) is 2.27. The lowest BCUT2D eigenvalue weighted by molar-refractivity contribution is -0.148. The number of hydrogen-bond donors (Lipinski definition) is 3. The maximum absolute atomic E-state index is 12.4. The van der Waals surface area contributed by atoms with Gasteiger partial charge in [0.2, 0.25) is 5.91 Å². The number of carbonyl (C=O) groups is 3. The van der Waals surface area contributed by atoms with Crippen LogP contribution in [0.2, 0.25) is 0 Å². The van der Waals surface area contributed by atoms with Crippen molar-refractivity contribution >= 4 is 18.0 Å². The van der Waals surface area contributed by atoms with Gasteiger partial charge >= 0.3 is 12.1 Å². The van der Waals surface area contributed by atoms with E-state index in [4.69, 9.17) is 14.6 Å². The molecule has 1 aliphatic carbocycles. The van der Waals surface area contributed by atoms with Crippen LogP contribution in [0.1, 0.15) is 30.4 Å². The SMILES string of the molecule is C[C@H](NC(=O)OCC1c2ccccc2-c2ccccc21)C(=O)NC1CCOC1C(=O)O. The number of amides is 2. The summed E-state index contributed by atoms with van der Waals surface area (Å²) in [5, 5.41) is 14.3. The summed E-state index contributed by atoms with van der Waals surface area (Å²) in [6, 6.07) is 14.5. The quantitative estimate of drug-likeness (QED) is 0.656. The number of rotatable bonds is 6. The van der Waals surface area contributed by atoms with E-state index in [9.17, 15) is 14.4 Å². The van der Waals surface area contributed by atoms with E-state index in [1.165, 1.54) is 6.92 Å². The Balaban J connectivity index is 1.33. The third-order valence-electron chi connectivity index (χ3n) is 5.73. The van der Waals surface area contributed by atoms with Crippen molar-refractivity contribution in [1.82, 2.24) is 10.6 Å². The fourth-order valence-corrected chi connectivity index (χ4v) is 4.17. The topological polar surface area (TPSA) is 114 Å². The summed E-state index contributed by atoms with van der Waals surface area (Å²) in [6.07, 6.45) is -1.38. The van der Waals surface area contributed by atoms with Gasteiger partial charge in [0.1, 0.15) is 12.6 Å². The number of aliphatic carboxylic acids is 1. The van der Waals surface area contributed by atoms with E-state index in [-0.39, 0.29) is 19.1 Å². The molecule has 3 atom stereocenters. The zero-order valence-electron chi connectivity index (χ0n) is 17.0. The second kappa shape index (κ2) is 8.77. The molecule has 1 fully saturated rings. The number of hydrogen-bond acceptors (Lipinski definition) is 5. The van der Waals surface area contributed by atoms with Gasteiger partial charge in [0.15, 0.2) is 6.10 Å². The lowest BCUT2D eigenvalue weighted by Gasteiger charge is -2.20. The Labute approximate surface area is 179 Å². The Morgan fingerprint density at radius 1 is 1.10 bits per heavy atom. The number of carboxylic acids is 1. The summed E-state index contributed by atoms with van der Waals surface area (Å²) in [5.41, 5.74) is 4.46. The molecule has 0 aromatic heterocycles. The fraction of sp³-hybridized carbons (Fsp3) is 0.348. The normalized spacial score (nSPS) is 20.4. The molecule has 0 bridgehead atoms. The largest absolute Gasteiger partial charge is 0.479 e. The summed E-state index contributed by atoms with van der Waals surface area (Å²) in [6.45, 7) is 1.92. The Hall–Kier alpha value is -3.39. The van der Waals surface area contributed by atoms with Gasteiger partial charge in [-0.2, -0.15) is 0 Å². The van der Waals surface area contributed by atoms with E-state index in [1.807, 2.05) is 36.4 Å². The molecule has 4 rings (SSSR count). The number of fused-ring (bicyclic) bond motifs is 3. The molecule has 8 nitrogen and oxygen atoms in total. The first-order valence-electron chi connectivity index (χ1n) is 10.2. The fourth-order valence-electron chi connectivity index (χ4n) is 4.17. The van der Waals surface area contributed by atoms with Crippen LogP contribution < -0.4 is 10.6 Å². The van der Waals surface area contributed by atoms with Gasteiger partial charge in [-0.25, -0.2) is 9.59 Å². The van der Waals surface area contributed by atoms with Crippen LogP contribution in [0.4, 0.5) is 4.79 Å². The highest BCUT2D eigenvalue weighted by Crippen LogP contribution is 2.44. The molecule has 1 aliphatic heterocycles. The second-order valence-electron chi connectivity index (χ2n) is 7.72. The molecule has 1 heterocycles. The smallest absolute Gasteiger partial charge is 0.407 e. The molecular weight excluding hydrogens is 400 g/mol. The highest BCUT2D eigenvalue weighted by Gasteiger charge is 2.36. The summed E-state index contributed by atoms with van der Waals surface area (Å²) in [5.74, 6) is -1.69. The van der Waals surface area contributed by atoms with Crippen LogP contribution in [0.3, 0.4) is 0 Å². The van der Waals surface area contributed by atoms with Crippen LogP contribution in [0.15, 0.2) is 48.5 Å². The van der Waals surface area contributed by atoms with Crippen molar-refractivity contribution in [3.8, 4) is 11.1 Å². The molecular formula is C23H24N2O6. The molecule has 8 heteroatoms. The number of nitrogens with one attached hydrogen (secondary N) is 2. The Bertz CT molecular complexity index is 962. The van der Waals surface area contributed by atoms with E-state index >= 15 is 0 Å². The average Bonchev–Trinajstić information content (AvgIpc) is 3.35. The summed E-state index contributed by atoms with van der Waals surface area (Å²) in [4.78, 5) is 35.8. The summed E-state index contributed by atoms with van der Waals surface area (Å²) in [7, 11) is 0. The molecule has 2 aliphatic rings. The number of ether oxygens (including phenoxy) is 2. The molecule has 2 unspecified atom stereocenters. The second-order valence-corrected chi connectivity index (χ2v) is 7.72. The van der Waals surface area contributed by atoms with Crippen molar-refractivity contribution in [2.24, 2.45) is 0 Å². The number of alkyl carbamates (subject to hydrolysis) is 1. The van der Waals surface area contributed by atoms with Gasteiger partial charge in [-0.15, -0.1) is 0 Å². The molecule has 2 amide bonds. The highest BCUT2D eigenvalue weighted by molar-refractivity contribution is 5.86. The minimum atomic E-state index is -1.13. The van der Waals surface area contributed by atoms with E-state index in [0.717, 1.165) is 22.3 Å². The zero-order chi connectivity index (χ0) is 22.0. The lowest BCUT2D eigenvalue weighted by Crippen LogP contribution is -2.51. The van der Waals surface area contributed by atoms with Crippen molar-refractivity contribution in [2.75, 3.05) is 13.2 Å². The molecule has 0 saturated carbocycles. The van der Waals surface area contributed by atoms with Gasteiger partial charge in [0.25, 0.3) is 0 Å². The van der Waals surface area contributed by atoms with Gasteiger partial charge in [0, 0.05) is 12.5 Å². The molecule has 2 aromatic carbocycles. The van der Waals surface area contributed by atoms with Gasteiger partial charge in [-0.3, -0.25) is 4.79 Å². The van der Waals surface area contributed by atoms with E-state index in [2.05, 4.69) is 22.8 Å². The molecule has 0 radical (unpaired) electrons. The third-order valence-corrected chi connectivity index (χ3v) is 5.73. The van der Waals surface area contributed by atoms with Crippen molar-refractivity contribution in [3.63, 3.8) is 0 Å². The Morgan fingerprint density at radius 2 is 1.71 bits per heavy atom. The standard InChI is InChI=1S/C23H24N2O6/c1-13(21(26)25-19-10-11-30-20(19)22(27)28)24-23(29)31-12-18-16-8-4-2-6-14(16)15-7-3-5-9-17(15)18/h2-9,13,18-20H,10-12H2,1H3,(H,24,29)(H,25,26)(H,27,28)/t13-,19?,20?/m0/s1. The van der Waals surface area contributed by atoms with Crippen LogP contribution >= 0.6 is 0 Å². The van der Waals surface area contributed by atoms with Gasteiger partial charge in [-0.1, -0.05) is 48.5 Å². The lowest BCUT2D eigenvalue weighted by atomic mass is 9.98. The average molecular weight is 424 g/mol. The van der Waals surface area contributed by atoms with Crippen LogP contribution in [0.5, 0.6) is 0 Å². The highest BCUT2D eigenvalue weighted by atomic mass is 16.5. The monoisotopic (exact) mass is 424 g/mol. The maximum atomic E-state index is 12.4. The van der Waals surface area contributed by atoms with Crippen molar-refractivity contribution in [3.05, 3.63) is 59.7 Å². The van der Waals surface area contributed by atoms with Crippen molar-refractivity contribution in [1.29, 1.82) is 0 Å². The number of benzene rings is 2. The van der Waals surface area contributed by atoms with E-state index in [0.29, 0.717) is 6.42 Å². The van der Waals surface area contributed by atoms with E-state index < -0.39 is 36.2 Å². The van der Waals surface area contributed by atoms with Crippen LogP contribution in [-0.4, -0.2) is 54.5 Å². The van der Waals surface area contributed by atoms with Gasteiger partial charge in [0.05, 0.1) is 6.04 Å². The summed E-state index contributed by atoms with van der Waals surface area (Å²) >= 11 is 0. The Morgan fingerprint density at radius 3 is 2.32 bits per heavy atom. The van der Waals surface area contributed by atoms with Crippen molar-refractivity contribution < 1.29 is 29.0 Å². The molecule has 31 heavy (non-hydrogen) atoms. The van der Waals surface area contributed by atoms with Crippen LogP contribution in [0.25, 0.3) is 11.1 Å². The molecule has 2 aromatic rings. The van der Waals surface area contributed by atoms with Gasteiger partial charge < -0.3 is 25.2 Å². The molecule has 3 N–H and O–H groups in total. The first-order chi connectivity index (χ1) is 15.0. The van der Waals surface area contributed by atoms with Gasteiger partial charge in [-0.05, 0) is 35.6 Å². The maximum Gasteiger partial charge on any atom is 0.407 e.